The van der Waals surface area contributed by atoms with Gasteiger partial charge in [0.15, 0.2) is 5.69 Å². The molecule has 0 saturated heterocycles. The third-order valence-electron chi connectivity index (χ3n) is 3.19. The van der Waals surface area contributed by atoms with E-state index in [4.69, 9.17) is 4.74 Å². The van der Waals surface area contributed by atoms with Gasteiger partial charge in [-0.3, -0.25) is 0 Å². The van der Waals surface area contributed by atoms with Gasteiger partial charge in [-0.05, 0) is 31.2 Å². The van der Waals surface area contributed by atoms with E-state index in [1.807, 2.05) is 54.6 Å². The maximum absolute atomic E-state index is 12.2. The van der Waals surface area contributed by atoms with E-state index in [1.54, 1.807) is 6.92 Å². The van der Waals surface area contributed by atoms with Gasteiger partial charge in [0, 0.05) is 10.0 Å². The van der Waals surface area contributed by atoms with Crippen LogP contribution >= 0.6 is 15.9 Å². The summed E-state index contributed by atoms with van der Waals surface area (Å²) < 4.78 is 6.06. The van der Waals surface area contributed by atoms with E-state index < -0.39 is 5.97 Å². The Kier molecular flexibility index (Phi) is 4.52. The van der Waals surface area contributed by atoms with Crippen LogP contribution in [0.25, 0.3) is 16.9 Å². The molecule has 0 amide bonds. The number of hydrogen-bond acceptors (Lipinski definition) is 4. The van der Waals surface area contributed by atoms with Crippen LogP contribution in [0.1, 0.15) is 17.4 Å². The summed E-state index contributed by atoms with van der Waals surface area (Å²) in [7, 11) is 0. The van der Waals surface area contributed by atoms with Crippen molar-refractivity contribution in [2.45, 2.75) is 6.92 Å². The van der Waals surface area contributed by atoms with Crippen molar-refractivity contribution in [2.75, 3.05) is 6.61 Å². The molecule has 3 rings (SSSR count). The van der Waals surface area contributed by atoms with E-state index in [-0.39, 0.29) is 12.3 Å². The molecule has 0 fully saturated rings. The second-order valence-electron chi connectivity index (χ2n) is 4.75. The first-order valence-electron chi connectivity index (χ1n) is 7.15. The SMILES string of the molecule is CCOC(=O)c1nn(-c2ccc(Br)cc2)nc1-c1ccccc1. The Balaban J connectivity index is 2.10. The Bertz CT molecular complexity index is 814. The minimum atomic E-state index is -0.477. The van der Waals surface area contributed by atoms with Gasteiger partial charge >= 0.3 is 5.97 Å². The smallest absolute Gasteiger partial charge is 0.361 e. The molecule has 2 aromatic carbocycles. The quantitative estimate of drug-likeness (QED) is 0.653. The van der Waals surface area contributed by atoms with Crippen molar-refractivity contribution in [1.82, 2.24) is 15.0 Å². The summed E-state index contributed by atoms with van der Waals surface area (Å²) in [5.74, 6) is -0.477. The van der Waals surface area contributed by atoms with Crippen LogP contribution in [-0.4, -0.2) is 27.6 Å². The number of halogens is 1. The highest BCUT2D eigenvalue weighted by Crippen LogP contribution is 2.22. The Morgan fingerprint density at radius 3 is 2.43 bits per heavy atom. The Morgan fingerprint density at radius 2 is 1.78 bits per heavy atom. The average Bonchev–Trinajstić information content (AvgIpc) is 3.02. The van der Waals surface area contributed by atoms with Crippen molar-refractivity contribution in [3.63, 3.8) is 0 Å². The number of esters is 1. The standard InChI is InChI=1S/C17H14BrN3O2/c1-2-23-17(22)16-15(12-6-4-3-5-7-12)19-21(20-16)14-10-8-13(18)9-11-14/h3-11H,2H2,1H3. The molecule has 0 aliphatic heterocycles. The Morgan fingerprint density at radius 1 is 1.09 bits per heavy atom. The number of hydrogen-bond donors (Lipinski definition) is 0. The Labute approximate surface area is 142 Å². The summed E-state index contributed by atoms with van der Waals surface area (Å²) in [4.78, 5) is 13.6. The molecule has 0 unspecified atom stereocenters. The van der Waals surface area contributed by atoms with E-state index in [9.17, 15) is 4.79 Å². The predicted octanol–water partition coefficient (Wildman–Crippen LogP) is 3.87. The van der Waals surface area contributed by atoms with Crippen molar-refractivity contribution in [3.8, 4) is 16.9 Å². The largest absolute Gasteiger partial charge is 0.461 e. The topological polar surface area (TPSA) is 57.0 Å². The van der Waals surface area contributed by atoms with Gasteiger partial charge < -0.3 is 4.74 Å². The molecule has 0 N–H and O–H groups in total. The van der Waals surface area contributed by atoms with Crippen LogP contribution in [0, 0.1) is 0 Å². The second kappa shape index (κ2) is 6.75. The number of nitrogens with zero attached hydrogens (tertiary/aromatic N) is 3. The molecule has 0 spiro atoms. The molecule has 0 aliphatic rings. The lowest BCUT2D eigenvalue weighted by Gasteiger charge is -2.00. The molecule has 1 aromatic heterocycles. The molecule has 1 heterocycles. The summed E-state index contributed by atoms with van der Waals surface area (Å²) in [5, 5.41) is 8.79. The summed E-state index contributed by atoms with van der Waals surface area (Å²) in [6, 6.07) is 17.0. The number of benzene rings is 2. The van der Waals surface area contributed by atoms with Crippen molar-refractivity contribution >= 4 is 21.9 Å². The zero-order valence-electron chi connectivity index (χ0n) is 12.4. The maximum atomic E-state index is 12.2. The van der Waals surface area contributed by atoms with Gasteiger partial charge in [0.2, 0.25) is 0 Å². The molecule has 0 bridgehead atoms. The molecule has 116 valence electrons. The molecular weight excluding hydrogens is 358 g/mol. The number of rotatable bonds is 4. The van der Waals surface area contributed by atoms with Crippen molar-refractivity contribution in [3.05, 3.63) is 64.8 Å². The van der Waals surface area contributed by atoms with Gasteiger partial charge in [0.25, 0.3) is 0 Å². The lowest BCUT2D eigenvalue weighted by molar-refractivity contribution is 0.0520. The highest BCUT2D eigenvalue weighted by Gasteiger charge is 2.21. The highest BCUT2D eigenvalue weighted by atomic mass is 79.9. The van der Waals surface area contributed by atoms with Crippen LogP contribution in [-0.2, 0) is 4.74 Å². The van der Waals surface area contributed by atoms with Gasteiger partial charge in [0.05, 0.1) is 12.3 Å². The summed E-state index contributed by atoms with van der Waals surface area (Å²) >= 11 is 3.39. The number of carbonyl (C=O) groups excluding carboxylic acids is 1. The van der Waals surface area contributed by atoms with Crippen LogP contribution < -0.4 is 0 Å². The van der Waals surface area contributed by atoms with Crippen LogP contribution in [0.3, 0.4) is 0 Å². The Hall–Kier alpha value is -2.47. The first-order chi connectivity index (χ1) is 11.2. The molecule has 0 aliphatic carbocycles. The summed E-state index contributed by atoms with van der Waals surface area (Å²) in [5.41, 5.74) is 2.30. The summed E-state index contributed by atoms with van der Waals surface area (Å²) in [6.45, 7) is 2.05. The maximum Gasteiger partial charge on any atom is 0.361 e. The normalized spacial score (nSPS) is 10.5. The van der Waals surface area contributed by atoms with Gasteiger partial charge in [-0.1, -0.05) is 46.3 Å². The average molecular weight is 372 g/mol. The van der Waals surface area contributed by atoms with Gasteiger partial charge in [-0.2, -0.15) is 4.80 Å². The van der Waals surface area contributed by atoms with Gasteiger partial charge in [-0.15, -0.1) is 10.2 Å². The number of aromatic nitrogens is 3. The van der Waals surface area contributed by atoms with Crippen LogP contribution in [0.15, 0.2) is 59.1 Å². The van der Waals surface area contributed by atoms with E-state index in [2.05, 4.69) is 26.1 Å². The van der Waals surface area contributed by atoms with Crippen LogP contribution in [0.4, 0.5) is 0 Å². The molecule has 23 heavy (non-hydrogen) atoms. The second-order valence-corrected chi connectivity index (χ2v) is 5.67. The van der Waals surface area contributed by atoms with Crippen molar-refractivity contribution < 1.29 is 9.53 Å². The van der Waals surface area contributed by atoms with Gasteiger partial charge in [-0.25, -0.2) is 4.79 Å². The van der Waals surface area contributed by atoms with Crippen LogP contribution in [0.2, 0.25) is 0 Å². The molecule has 0 radical (unpaired) electrons. The monoisotopic (exact) mass is 371 g/mol. The lowest BCUT2D eigenvalue weighted by atomic mass is 10.1. The third-order valence-corrected chi connectivity index (χ3v) is 3.72. The van der Waals surface area contributed by atoms with E-state index in [1.165, 1.54) is 4.80 Å². The lowest BCUT2D eigenvalue weighted by Crippen LogP contribution is -2.07. The minimum Gasteiger partial charge on any atom is -0.461 e. The number of ether oxygens (including phenoxy) is 1. The minimum absolute atomic E-state index is 0.209. The fourth-order valence-electron chi connectivity index (χ4n) is 2.12. The molecule has 3 aromatic rings. The third kappa shape index (κ3) is 3.32. The molecule has 6 heteroatoms. The molecule has 0 atom stereocenters. The highest BCUT2D eigenvalue weighted by molar-refractivity contribution is 9.10. The first kappa shape index (κ1) is 15.4. The molecule has 5 nitrogen and oxygen atoms in total. The van der Waals surface area contributed by atoms with Crippen molar-refractivity contribution in [1.29, 1.82) is 0 Å². The fourth-order valence-corrected chi connectivity index (χ4v) is 2.39. The zero-order chi connectivity index (χ0) is 16.2. The van der Waals surface area contributed by atoms with E-state index in [0.717, 1.165) is 15.7 Å². The number of carbonyl (C=O) groups is 1. The molecule has 0 saturated carbocycles. The predicted molar refractivity (Wildman–Crippen MR) is 90.5 cm³/mol. The molecular formula is C17H14BrN3O2. The van der Waals surface area contributed by atoms with E-state index in [0.29, 0.717) is 5.69 Å². The zero-order valence-corrected chi connectivity index (χ0v) is 14.0. The van der Waals surface area contributed by atoms with Crippen molar-refractivity contribution in [2.24, 2.45) is 0 Å². The van der Waals surface area contributed by atoms with E-state index >= 15 is 0 Å². The fraction of sp³-hybridized carbons (Fsp3) is 0.118. The summed E-state index contributed by atoms with van der Waals surface area (Å²) in [6.07, 6.45) is 0. The van der Waals surface area contributed by atoms with Crippen LogP contribution in [0.5, 0.6) is 0 Å². The first-order valence-corrected chi connectivity index (χ1v) is 7.94. The van der Waals surface area contributed by atoms with Gasteiger partial charge in [0.1, 0.15) is 5.69 Å².